The normalized spacial score (nSPS) is 23.9. The zero-order valence-electron chi connectivity index (χ0n) is 13.0. The molecule has 4 nitrogen and oxygen atoms in total. The third-order valence-electron chi connectivity index (χ3n) is 3.96. The molecular formula is C16H26N2O2. The van der Waals surface area contributed by atoms with Crippen molar-refractivity contribution in [1.82, 2.24) is 4.98 Å². The number of anilines is 1. The highest BCUT2D eigenvalue weighted by Crippen LogP contribution is 2.26. The summed E-state index contributed by atoms with van der Waals surface area (Å²) in [5.74, 6) is 0.177. The van der Waals surface area contributed by atoms with Crippen LogP contribution in [0.25, 0.3) is 0 Å². The second-order valence-corrected chi connectivity index (χ2v) is 6.67. The topological polar surface area (TPSA) is 45.6 Å². The van der Waals surface area contributed by atoms with Crippen molar-refractivity contribution in [2.45, 2.75) is 38.7 Å². The van der Waals surface area contributed by atoms with Crippen LogP contribution in [0.4, 0.5) is 5.69 Å². The summed E-state index contributed by atoms with van der Waals surface area (Å²) in [5.41, 5.74) is 2.31. The Bertz CT molecular complexity index is 425. The van der Waals surface area contributed by atoms with Crippen LogP contribution in [-0.4, -0.2) is 43.0 Å². The number of methoxy groups -OCH3 is 1. The second-order valence-electron chi connectivity index (χ2n) is 6.67. The maximum absolute atomic E-state index is 9.99. The molecule has 0 aromatic carbocycles. The van der Waals surface area contributed by atoms with E-state index >= 15 is 0 Å². The van der Waals surface area contributed by atoms with E-state index in [4.69, 9.17) is 4.74 Å². The number of pyridine rings is 1. The maximum atomic E-state index is 9.99. The van der Waals surface area contributed by atoms with Gasteiger partial charge >= 0.3 is 0 Å². The van der Waals surface area contributed by atoms with Crippen molar-refractivity contribution in [2.24, 2.45) is 5.92 Å². The van der Waals surface area contributed by atoms with Crippen LogP contribution < -0.4 is 4.90 Å². The zero-order valence-corrected chi connectivity index (χ0v) is 13.0. The molecule has 0 radical (unpaired) electrons. The van der Waals surface area contributed by atoms with Crippen molar-refractivity contribution in [2.75, 3.05) is 31.7 Å². The highest BCUT2D eigenvalue weighted by Gasteiger charge is 2.28. The first-order valence-corrected chi connectivity index (χ1v) is 7.30. The molecule has 2 heterocycles. The molecule has 1 fully saturated rings. The minimum Gasteiger partial charge on any atom is -0.393 e. The molecule has 4 heteroatoms. The van der Waals surface area contributed by atoms with Crippen LogP contribution in [0.2, 0.25) is 0 Å². The molecule has 1 aromatic heterocycles. The molecular weight excluding hydrogens is 252 g/mol. The van der Waals surface area contributed by atoms with Crippen LogP contribution >= 0.6 is 0 Å². The summed E-state index contributed by atoms with van der Waals surface area (Å²) in [5, 5.41) is 9.99. The number of rotatable bonds is 3. The Balaban J connectivity index is 2.08. The van der Waals surface area contributed by atoms with Crippen molar-refractivity contribution < 1.29 is 9.84 Å². The zero-order chi connectivity index (χ0) is 14.8. The van der Waals surface area contributed by atoms with E-state index in [1.165, 1.54) is 0 Å². The smallest absolute Gasteiger partial charge is 0.0624 e. The van der Waals surface area contributed by atoms with E-state index < -0.39 is 0 Å². The molecule has 0 spiro atoms. The van der Waals surface area contributed by atoms with Gasteiger partial charge in [0.2, 0.25) is 0 Å². The van der Waals surface area contributed by atoms with Gasteiger partial charge in [0.15, 0.2) is 0 Å². The Hall–Kier alpha value is -1.13. The van der Waals surface area contributed by atoms with E-state index in [0.29, 0.717) is 6.61 Å². The lowest BCUT2D eigenvalue weighted by molar-refractivity contribution is 0.0359. The molecule has 0 aliphatic carbocycles. The van der Waals surface area contributed by atoms with E-state index in [0.717, 1.165) is 30.9 Å². The monoisotopic (exact) mass is 278 g/mol. The van der Waals surface area contributed by atoms with Gasteiger partial charge in [-0.25, -0.2) is 0 Å². The van der Waals surface area contributed by atoms with Gasteiger partial charge in [-0.3, -0.25) is 4.98 Å². The summed E-state index contributed by atoms with van der Waals surface area (Å²) in [6.45, 7) is 8.80. The van der Waals surface area contributed by atoms with Gasteiger partial charge in [0, 0.05) is 37.2 Å². The van der Waals surface area contributed by atoms with Gasteiger partial charge in [0.1, 0.15) is 0 Å². The third-order valence-corrected chi connectivity index (χ3v) is 3.96. The number of ether oxygens (including phenoxy) is 1. The summed E-state index contributed by atoms with van der Waals surface area (Å²) < 4.78 is 5.20. The molecule has 1 aliphatic rings. The van der Waals surface area contributed by atoms with Crippen LogP contribution in [0.3, 0.4) is 0 Å². The minimum absolute atomic E-state index is 0.0786. The van der Waals surface area contributed by atoms with Gasteiger partial charge in [-0.05, 0) is 18.6 Å². The predicted molar refractivity (Wildman–Crippen MR) is 81.1 cm³/mol. The molecule has 2 unspecified atom stereocenters. The standard InChI is InChI=1S/C16H26N2O2/c1-16(2,3)15-6-5-13(9-17-15)18-8-7-14(19)12(10-18)11-20-4/h5-6,9,12,14,19H,7-8,10-11H2,1-4H3. The van der Waals surface area contributed by atoms with Gasteiger partial charge in [0.25, 0.3) is 0 Å². The van der Waals surface area contributed by atoms with Gasteiger partial charge in [-0.2, -0.15) is 0 Å². The van der Waals surface area contributed by atoms with Crippen LogP contribution in [0.5, 0.6) is 0 Å². The van der Waals surface area contributed by atoms with E-state index in [9.17, 15) is 5.11 Å². The van der Waals surface area contributed by atoms with Gasteiger partial charge in [-0.1, -0.05) is 20.8 Å². The SMILES string of the molecule is COCC1CN(c2ccc(C(C)(C)C)nc2)CCC1O. The van der Waals surface area contributed by atoms with E-state index in [1.807, 2.05) is 6.20 Å². The van der Waals surface area contributed by atoms with Gasteiger partial charge in [0.05, 0.1) is 24.6 Å². The van der Waals surface area contributed by atoms with Crippen molar-refractivity contribution >= 4 is 5.69 Å². The van der Waals surface area contributed by atoms with Crippen molar-refractivity contribution in [3.8, 4) is 0 Å². The van der Waals surface area contributed by atoms with Crippen LogP contribution in [0.15, 0.2) is 18.3 Å². The Kier molecular flexibility index (Phi) is 4.66. The van der Waals surface area contributed by atoms with E-state index in [1.54, 1.807) is 7.11 Å². The average Bonchev–Trinajstić information content (AvgIpc) is 2.41. The fourth-order valence-electron chi connectivity index (χ4n) is 2.65. The third kappa shape index (κ3) is 3.49. The largest absolute Gasteiger partial charge is 0.393 e. The molecule has 0 bridgehead atoms. The molecule has 2 atom stereocenters. The first-order chi connectivity index (χ1) is 9.41. The number of piperidine rings is 1. The number of aliphatic hydroxyl groups is 1. The van der Waals surface area contributed by atoms with Crippen molar-refractivity contribution in [1.29, 1.82) is 0 Å². The van der Waals surface area contributed by atoms with Crippen LogP contribution in [0.1, 0.15) is 32.9 Å². The number of hydrogen-bond acceptors (Lipinski definition) is 4. The Morgan fingerprint density at radius 3 is 2.70 bits per heavy atom. The maximum Gasteiger partial charge on any atom is 0.0624 e. The molecule has 1 saturated heterocycles. The van der Waals surface area contributed by atoms with Crippen LogP contribution in [0, 0.1) is 5.92 Å². The molecule has 1 aliphatic heterocycles. The first kappa shape index (κ1) is 15.3. The highest BCUT2D eigenvalue weighted by molar-refractivity contribution is 5.45. The molecule has 0 amide bonds. The molecule has 112 valence electrons. The van der Waals surface area contributed by atoms with Crippen molar-refractivity contribution in [3.63, 3.8) is 0 Å². The quantitative estimate of drug-likeness (QED) is 0.921. The predicted octanol–water partition coefficient (Wildman–Crippen LogP) is 2.21. The summed E-state index contributed by atoms with van der Waals surface area (Å²) in [4.78, 5) is 6.87. The lowest BCUT2D eigenvalue weighted by Gasteiger charge is -2.37. The number of nitrogens with zero attached hydrogens (tertiary/aromatic N) is 2. The Morgan fingerprint density at radius 2 is 2.15 bits per heavy atom. The Morgan fingerprint density at radius 1 is 1.40 bits per heavy atom. The van der Waals surface area contributed by atoms with E-state index in [-0.39, 0.29) is 17.4 Å². The molecule has 0 saturated carbocycles. The second kappa shape index (κ2) is 6.10. The van der Waals surface area contributed by atoms with Crippen molar-refractivity contribution in [3.05, 3.63) is 24.0 Å². The van der Waals surface area contributed by atoms with Gasteiger partial charge in [-0.15, -0.1) is 0 Å². The fourth-order valence-corrected chi connectivity index (χ4v) is 2.65. The number of aromatic nitrogens is 1. The summed E-state index contributed by atoms with van der Waals surface area (Å²) >= 11 is 0. The lowest BCUT2D eigenvalue weighted by atomic mass is 9.91. The Labute approximate surface area is 121 Å². The first-order valence-electron chi connectivity index (χ1n) is 7.30. The fraction of sp³-hybridized carbons (Fsp3) is 0.688. The minimum atomic E-state index is -0.256. The van der Waals surface area contributed by atoms with Crippen LogP contribution in [-0.2, 0) is 10.2 Å². The summed E-state index contributed by atoms with van der Waals surface area (Å²) in [7, 11) is 1.69. The highest BCUT2D eigenvalue weighted by atomic mass is 16.5. The summed E-state index contributed by atoms with van der Waals surface area (Å²) in [6.07, 6.45) is 2.48. The molecule has 2 rings (SSSR count). The number of aliphatic hydroxyl groups excluding tert-OH is 1. The molecule has 1 N–H and O–H groups in total. The lowest BCUT2D eigenvalue weighted by Crippen LogP contribution is -2.45. The van der Waals surface area contributed by atoms with E-state index in [2.05, 4.69) is 42.8 Å². The molecule has 20 heavy (non-hydrogen) atoms. The number of hydrogen-bond donors (Lipinski definition) is 1. The average molecular weight is 278 g/mol. The summed E-state index contributed by atoms with van der Waals surface area (Å²) in [6, 6.07) is 4.24. The van der Waals surface area contributed by atoms with Gasteiger partial charge < -0.3 is 14.7 Å². The molecule has 1 aromatic rings.